The first kappa shape index (κ1) is 35.3. The molecule has 43 heavy (non-hydrogen) atoms. The first-order valence-electron chi connectivity index (χ1n) is 18.5. The zero-order valence-corrected chi connectivity index (χ0v) is 28.3. The Kier molecular flexibility index (Phi) is 18.3. The zero-order chi connectivity index (χ0) is 30.4. The molecule has 0 saturated heterocycles. The molecule has 0 aliphatic heterocycles. The van der Waals surface area contributed by atoms with Crippen molar-refractivity contribution in [2.24, 2.45) is 0 Å². The molecule has 0 saturated carbocycles. The molecule has 2 heteroatoms. The van der Waals surface area contributed by atoms with Gasteiger partial charge in [-0.3, -0.25) is 0 Å². The lowest BCUT2D eigenvalue weighted by atomic mass is 9.99. The highest BCUT2D eigenvalue weighted by Gasteiger charge is 2.16. The largest absolute Gasteiger partial charge is 0.492 e. The van der Waals surface area contributed by atoms with Crippen LogP contribution in [0.5, 0.6) is 11.5 Å². The fraction of sp³-hybridized carbons (Fsp3) is 0.659. The first-order chi connectivity index (χ1) is 21.3. The Morgan fingerprint density at radius 1 is 0.395 bits per heavy atom. The van der Waals surface area contributed by atoms with Crippen molar-refractivity contribution in [3.8, 4) is 11.5 Å². The van der Waals surface area contributed by atoms with Crippen molar-refractivity contribution < 1.29 is 9.47 Å². The molecule has 0 bridgehead atoms. The molecule has 0 aromatic heterocycles. The Morgan fingerprint density at radius 3 is 1.16 bits per heavy atom. The van der Waals surface area contributed by atoms with E-state index in [9.17, 15) is 0 Å². The molecule has 0 radical (unpaired) electrons. The number of hydrogen-bond donors (Lipinski definition) is 0. The number of ether oxygens (including phenoxy) is 2. The number of unbranched alkanes of at least 4 members (excludes halogenated alkanes) is 20. The second-order valence-electron chi connectivity index (χ2n) is 13.0. The standard InChI is InChI=1S/C41H64O2/c1-4-6-8-10-12-14-16-18-20-22-26-32-42-40-36-28-24-25-29-37(36)41(39-34-35(3)30-31-38(39)40)43-33-27-23-21-19-17-15-13-11-9-7-5-2/h24-25,28-31,34H,4-23,26-27,32-33H2,1-3H3. The summed E-state index contributed by atoms with van der Waals surface area (Å²) in [7, 11) is 0. The fourth-order valence-electron chi connectivity index (χ4n) is 6.41. The second kappa shape index (κ2) is 22.3. The van der Waals surface area contributed by atoms with E-state index in [0.717, 1.165) is 37.6 Å². The lowest BCUT2D eigenvalue weighted by Gasteiger charge is -2.18. The van der Waals surface area contributed by atoms with Crippen LogP contribution < -0.4 is 9.47 Å². The van der Waals surface area contributed by atoms with E-state index in [1.165, 1.54) is 156 Å². The van der Waals surface area contributed by atoms with Crippen LogP contribution in [0.3, 0.4) is 0 Å². The van der Waals surface area contributed by atoms with Gasteiger partial charge in [-0.15, -0.1) is 0 Å². The van der Waals surface area contributed by atoms with E-state index in [-0.39, 0.29) is 0 Å². The molecular weight excluding hydrogens is 524 g/mol. The predicted molar refractivity (Wildman–Crippen MR) is 190 cm³/mol. The lowest BCUT2D eigenvalue weighted by Crippen LogP contribution is -2.02. The second-order valence-corrected chi connectivity index (χ2v) is 13.0. The van der Waals surface area contributed by atoms with Crippen LogP contribution in [-0.2, 0) is 0 Å². The van der Waals surface area contributed by atoms with Crippen LogP contribution in [0, 0.1) is 6.92 Å². The molecule has 0 aliphatic rings. The maximum absolute atomic E-state index is 6.59. The van der Waals surface area contributed by atoms with E-state index in [2.05, 4.69) is 63.2 Å². The average molecular weight is 589 g/mol. The van der Waals surface area contributed by atoms with Gasteiger partial charge in [0.05, 0.1) is 13.2 Å². The van der Waals surface area contributed by atoms with Crippen LogP contribution in [0.1, 0.15) is 161 Å². The van der Waals surface area contributed by atoms with Crippen molar-refractivity contribution >= 4 is 21.5 Å². The van der Waals surface area contributed by atoms with Gasteiger partial charge in [0, 0.05) is 21.5 Å². The maximum atomic E-state index is 6.59. The minimum Gasteiger partial charge on any atom is -0.492 e. The molecule has 0 atom stereocenters. The third-order valence-electron chi connectivity index (χ3n) is 9.07. The van der Waals surface area contributed by atoms with Crippen LogP contribution in [0.25, 0.3) is 21.5 Å². The van der Waals surface area contributed by atoms with E-state index in [1.54, 1.807) is 0 Å². The molecule has 0 spiro atoms. The van der Waals surface area contributed by atoms with Gasteiger partial charge < -0.3 is 9.47 Å². The van der Waals surface area contributed by atoms with Crippen molar-refractivity contribution in [3.05, 3.63) is 48.0 Å². The fourth-order valence-corrected chi connectivity index (χ4v) is 6.41. The van der Waals surface area contributed by atoms with Gasteiger partial charge >= 0.3 is 0 Å². The molecular formula is C41H64O2. The molecule has 0 amide bonds. The summed E-state index contributed by atoms with van der Waals surface area (Å²) in [5.74, 6) is 2.06. The highest BCUT2D eigenvalue weighted by Crippen LogP contribution is 2.43. The SMILES string of the molecule is CCCCCCCCCCCCCOc1c2ccccc2c(OCCCCCCCCCCCCC)c2cc(C)ccc12. The minimum absolute atomic E-state index is 0.781. The molecule has 3 aromatic rings. The number of aryl methyl sites for hydroxylation is 1. The highest BCUT2D eigenvalue weighted by molar-refractivity contribution is 6.11. The molecule has 0 N–H and O–H groups in total. The Bertz CT molecular complexity index is 1130. The highest BCUT2D eigenvalue weighted by atomic mass is 16.5. The van der Waals surface area contributed by atoms with Gasteiger partial charge in [-0.1, -0.05) is 184 Å². The first-order valence-corrected chi connectivity index (χ1v) is 18.5. The van der Waals surface area contributed by atoms with Crippen LogP contribution in [-0.4, -0.2) is 13.2 Å². The topological polar surface area (TPSA) is 18.5 Å². The quantitative estimate of drug-likeness (QED) is 0.0686. The van der Waals surface area contributed by atoms with Gasteiger partial charge in [0.15, 0.2) is 0 Å². The lowest BCUT2D eigenvalue weighted by molar-refractivity contribution is 0.306. The van der Waals surface area contributed by atoms with E-state index in [1.807, 2.05) is 0 Å². The molecule has 3 aromatic carbocycles. The third kappa shape index (κ3) is 13.1. The summed E-state index contributed by atoms with van der Waals surface area (Å²) in [6.45, 7) is 8.32. The van der Waals surface area contributed by atoms with Crippen LogP contribution in [0.15, 0.2) is 42.5 Å². The zero-order valence-electron chi connectivity index (χ0n) is 28.3. The molecule has 2 nitrogen and oxygen atoms in total. The van der Waals surface area contributed by atoms with E-state index < -0.39 is 0 Å². The van der Waals surface area contributed by atoms with Gasteiger partial charge in [0.1, 0.15) is 11.5 Å². The minimum atomic E-state index is 0.781. The number of benzene rings is 3. The third-order valence-corrected chi connectivity index (χ3v) is 9.07. The molecule has 0 heterocycles. The van der Waals surface area contributed by atoms with E-state index >= 15 is 0 Å². The molecule has 0 fully saturated rings. The number of hydrogen-bond acceptors (Lipinski definition) is 2. The number of rotatable bonds is 26. The number of fused-ring (bicyclic) bond motifs is 2. The smallest absolute Gasteiger partial charge is 0.135 e. The Hall–Kier alpha value is -2.22. The average Bonchev–Trinajstić information content (AvgIpc) is 3.02. The van der Waals surface area contributed by atoms with E-state index in [4.69, 9.17) is 9.47 Å². The Morgan fingerprint density at radius 2 is 0.744 bits per heavy atom. The summed E-state index contributed by atoms with van der Waals surface area (Å²) in [6, 6.07) is 15.4. The van der Waals surface area contributed by atoms with Crippen molar-refractivity contribution in [1.29, 1.82) is 0 Å². The molecule has 0 aliphatic carbocycles. The molecule has 3 rings (SSSR count). The van der Waals surface area contributed by atoms with Crippen LogP contribution >= 0.6 is 0 Å². The van der Waals surface area contributed by atoms with Gasteiger partial charge in [-0.2, -0.15) is 0 Å². The summed E-state index contributed by atoms with van der Waals surface area (Å²) < 4.78 is 13.2. The Balaban J connectivity index is 1.47. The summed E-state index contributed by atoms with van der Waals surface area (Å²) in [6.07, 6.45) is 29.7. The Labute approximate surface area is 265 Å². The van der Waals surface area contributed by atoms with Crippen molar-refractivity contribution in [3.63, 3.8) is 0 Å². The summed E-state index contributed by atoms with van der Waals surface area (Å²) in [5, 5.41) is 4.73. The summed E-state index contributed by atoms with van der Waals surface area (Å²) in [5.41, 5.74) is 1.26. The van der Waals surface area contributed by atoms with Crippen LogP contribution in [0.2, 0.25) is 0 Å². The molecule has 0 unspecified atom stereocenters. The summed E-state index contributed by atoms with van der Waals surface area (Å²) in [4.78, 5) is 0. The van der Waals surface area contributed by atoms with Crippen molar-refractivity contribution in [2.45, 2.75) is 162 Å². The normalized spacial score (nSPS) is 11.5. The van der Waals surface area contributed by atoms with Gasteiger partial charge in [0.25, 0.3) is 0 Å². The molecule has 240 valence electrons. The predicted octanol–water partition coefficient (Wildman–Crippen LogP) is 13.7. The van der Waals surface area contributed by atoms with Crippen molar-refractivity contribution in [1.82, 2.24) is 0 Å². The van der Waals surface area contributed by atoms with E-state index in [0.29, 0.717) is 0 Å². The van der Waals surface area contributed by atoms with Crippen LogP contribution in [0.4, 0.5) is 0 Å². The maximum Gasteiger partial charge on any atom is 0.135 e. The summed E-state index contributed by atoms with van der Waals surface area (Å²) >= 11 is 0. The monoisotopic (exact) mass is 588 g/mol. The van der Waals surface area contributed by atoms with Gasteiger partial charge in [-0.05, 0) is 25.8 Å². The van der Waals surface area contributed by atoms with Gasteiger partial charge in [0.2, 0.25) is 0 Å². The van der Waals surface area contributed by atoms with Crippen molar-refractivity contribution in [2.75, 3.05) is 13.2 Å². The van der Waals surface area contributed by atoms with Gasteiger partial charge in [-0.25, -0.2) is 0 Å².